The predicted molar refractivity (Wildman–Crippen MR) is 70.6 cm³/mol. The first-order valence-corrected chi connectivity index (χ1v) is 6.95. The van der Waals surface area contributed by atoms with Crippen molar-refractivity contribution in [3.8, 4) is 0 Å². The zero-order valence-corrected chi connectivity index (χ0v) is 11.7. The van der Waals surface area contributed by atoms with Crippen molar-refractivity contribution in [1.82, 2.24) is 15.1 Å². The minimum atomic E-state index is 0.384. The first-order valence-electron chi connectivity index (χ1n) is 5.21. The van der Waals surface area contributed by atoms with Gasteiger partial charge in [-0.05, 0) is 19.2 Å². The van der Waals surface area contributed by atoms with E-state index in [1.807, 2.05) is 0 Å². The van der Waals surface area contributed by atoms with E-state index in [1.54, 1.807) is 17.8 Å². The summed E-state index contributed by atoms with van der Waals surface area (Å²) in [7, 11) is 0. The molecule has 0 saturated heterocycles. The summed E-state index contributed by atoms with van der Waals surface area (Å²) in [6, 6.07) is 1.75. The minimum Gasteiger partial charge on any atom is -0.303 e. The van der Waals surface area contributed by atoms with E-state index in [4.69, 9.17) is 23.2 Å². The quantitative estimate of drug-likeness (QED) is 0.748. The van der Waals surface area contributed by atoms with Crippen molar-refractivity contribution in [3.05, 3.63) is 16.4 Å². The highest BCUT2D eigenvalue weighted by atomic mass is 35.5. The summed E-state index contributed by atoms with van der Waals surface area (Å²) in [5, 5.41) is 8.25. The first kappa shape index (κ1) is 14.0. The summed E-state index contributed by atoms with van der Waals surface area (Å²) >= 11 is 13.3. The third-order valence-corrected chi connectivity index (χ3v) is 3.83. The molecule has 6 heteroatoms. The second-order valence-corrected chi connectivity index (χ2v) is 5.08. The molecular weight excluding hydrogens is 265 g/mol. The van der Waals surface area contributed by atoms with Gasteiger partial charge in [0.05, 0.1) is 0 Å². The van der Waals surface area contributed by atoms with Gasteiger partial charge in [0.1, 0.15) is 0 Å². The van der Waals surface area contributed by atoms with E-state index in [9.17, 15) is 0 Å². The summed E-state index contributed by atoms with van der Waals surface area (Å²) < 4.78 is 0. The van der Waals surface area contributed by atoms with Crippen LogP contribution >= 0.6 is 35.0 Å². The van der Waals surface area contributed by atoms with Crippen LogP contribution in [0.3, 0.4) is 0 Å². The summed E-state index contributed by atoms with van der Waals surface area (Å²) in [5.41, 5.74) is 0. The Kier molecular flexibility index (Phi) is 6.43. The fourth-order valence-electron chi connectivity index (χ4n) is 1.26. The van der Waals surface area contributed by atoms with Crippen LogP contribution in [0, 0.1) is 0 Å². The lowest BCUT2D eigenvalue weighted by Crippen LogP contribution is -2.25. The van der Waals surface area contributed by atoms with E-state index in [-0.39, 0.29) is 0 Å². The average molecular weight is 280 g/mol. The largest absolute Gasteiger partial charge is 0.303 e. The van der Waals surface area contributed by atoms with Crippen molar-refractivity contribution < 1.29 is 0 Å². The Labute approximate surface area is 111 Å². The molecule has 0 N–H and O–H groups in total. The van der Waals surface area contributed by atoms with Gasteiger partial charge in [-0.25, -0.2) is 0 Å². The summed E-state index contributed by atoms with van der Waals surface area (Å²) in [5.74, 6) is 0.976. The van der Waals surface area contributed by atoms with Crippen LogP contribution in [0.4, 0.5) is 0 Å². The van der Waals surface area contributed by atoms with Crippen molar-refractivity contribution in [2.75, 3.05) is 25.4 Å². The fourth-order valence-corrected chi connectivity index (χ4v) is 2.66. The molecular formula is C10H15Cl2N3S. The average Bonchev–Trinajstić information content (AvgIpc) is 2.29. The van der Waals surface area contributed by atoms with E-state index in [0.29, 0.717) is 10.3 Å². The molecule has 0 aromatic carbocycles. The molecule has 0 fully saturated rings. The van der Waals surface area contributed by atoms with Crippen LogP contribution in [0.25, 0.3) is 0 Å². The molecule has 0 aliphatic heterocycles. The molecule has 1 rings (SSSR count). The molecule has 0 unspecified atom stereocenters. The number of halogens is 2. The SMILES string of the molecule is CCN(CC)CCSc1cc(Cl)nnc1Cl. The number of rotatable bonds is 6. The zero-order chi connectivity index (χ0) is 12.0. The van der Waals surface area contributed by atoms with Crippen molar-refractivity contribution in [2.24, 2.45) is 0 Å². The Balaban J connectivity index is 2.45. The van der Waals surface area contributed by atoms with E-state index in [2.05, 4.69) is 28.9 Å². The van der Waals surface area contributed by atoms with E-state index in [0.717, 1.165) is 30.3 Å². The number of hydrogen-bond donors (Lipinski definition) is 0. The predicted octanol–water partition coefficient (Wildman–Crippen LogP) is 3.22. The molecule has 3 nitrogen and oxygen atoms in total. The molecule has 0 spiro atoms. The van der Waals surface area contributed by atoms with Crippen LogP contribution in [0.5, 0.6) is 0 Å². The standard InChI is InChI=1S/C10H15Cl2N3S/c1-3-15(4-2)5-6-16-8-7-9(11)13-14-10(8)12/h7H,3-6H2,1-2H3. The Morgan fingerprint density at radius 2 is 1.94 bits per heavy atom. The Morgan fingerprint density at radius 3 is 2.56 bits per heavy atom. The topological polar surface area (TPSA) is 29.0 Å². The highest BCUT2D eigenvalue weighted by molar-refractivity contribution is 7.99. The molecule has 0 atom stereocenters. The maximum Gasteiger partial charge on any atom is 0.165 e. The molecule has 0 aliphatic rings. The monoisotopic (exact) mass is 279 g/mol. The smallest absolute Gasteiger partial charge is 0.165 e. The van der Waals surface area contributed by atoms with Gasteiger partial charge in [-0.3, -0.25) is 0 Å². The van der Waals surface area contributed by atoms with Gasteiger partial charge in [0.25, 0.3) is 0 Å². The van der Waals surface area contributed by atoms with Crippen molar-refractivity contribution >= 4 is 35.0 Å². The second-order valence-electron chi connectivity index (χ2n) is 3.20. The third kappa shape index (κ3) is 4.45. The molecule has 0 aliphatic carbocycles. The van der Waals surface area contributed by atoms with Crippen molar-refractivity contribution in [3.63, 3.8) is 0 Å². The van der Waals surface area contributed by atoms with Crippen molar-refractivity contribution in [2.45, 2.75) is 18.7 Å². The minimum absolute atomic E-state index is 0.384. The molecule has 0 saturated carbocycles. The van der Waals surface area contributed by atoms with Gasteiger partial charge < -0.3 is 4.90 Å². The highest BCUT2D eigenvalue weighted by Gasteiger charge is 2.06. The number of aromatic nitrogens is 2. The van der Waals surface area contributed by atoms with Gasteiger partial charge in [0.15, 0.2) is 10.3 Å². The molecule has 0 radical (unpaired) electrons. The maximum absolute atomic E-state index is 5.91. The molecule has 90 valence electrons. The van der Waals surface area contributed by atoms with Crippen LogP contribution < -0.4 is 0 Å². The van der Waals surface area contributed by atoms with E-state index < -0.39 is 0 Å². The van der Waals surface area contributed by atoms with Gasteiger partial charge in [-0.15, -0.1) is 22.0 Å². The number of hydrogen-bond acceptors (Lipinski definition) is 4. The van der Waals surface area contributed by atoms with Gasteiger partial charge in [-0.1, -0.05) is 37.0 Å². The number of thioether (sulfide) groups is 1. The van der Waals surface area contributed by atoms with Crippen molar-refractivity contribution in [1.29, 1.82) is 0 Å². The van der Waals surface area contributed by atoms with E-state index >= 15 is 0 Å². The van der Waals surface area contributed by atoms with E-state index in [1.165, 1.54) is 0 Å². The normalized spacial score (nSPS) is 11.1. The molecule has 16 heavy (non-hydrogen) atoms. The highest BCUT2D eigenvalue weighted by Crippen LogP contribution is 2.26. The molecule has 1 aromatic rings. The van der Waals surface area contributed by atoms with Crippen LogP contribution in [-0.2, 0) is 0 Å². The second kappa shape index (κ2) is 7.33. The molecule has 1 aromatic heterocycles. The first-order chi connectivity index (χ1) is 7.67. The fraction of sp³-hybridized carbons (Fsp3) is 0.600. The zero-order valence-electron chi connectivity index (χ0n) is 9.41. The Morgan fingerprint density at radius 1 is 1.25 bits per heavy atom. The van der Waals surface area contributed by atoms with Crippen LogP contribution in [0.15, 0.2) is 11.0 Å². The lowest BCUT2D eigenvalue weighted by Gasteiger charge is -2.17. The molecule has 1 heterocycles. The van der Waals surface area contributed by atoms with Crippen LogP contribution in [0.1, 0.15) is 13.8 Å². The molecule has 0 amide bonds. The van der Waals surface area contributed by atoms with Crippen LogP contribution in [0.2, 0.25) is 10.3 Å². The van der Waals surface area contributed by atoms with Gasteiger partial charge in [0, 0.05) is 17.2 Å². The van der Waals surface area contributed by atoms with Gasteiger partial charge in [0.2, 0.25) is 0 Å². The summed E-state index contributed by atoms with van der Waals surface area (Å²) in [6.07, 6.45) is 0. The Bertz CT molecular complexity index is 332. The van der Waals surface area contributed by atoms with Gasteiger partial charge in [-0.2, -0.15) is 0 Å². The summed E-state index contributed by atoms with van der Waals surface area (Å²) in [6.45, 7) is 7.49. The lowest BCUT2D eigenvalue weighted by molar-refractivity contribution is 0.324. The maximum atomic E-state index is 5.91. The molecule has 0 bridgehead atoms. The number of nitrogens with zero attached hydrogens (tertiary/aromatic N) is 3. The lowest BCUT2D eigenvalue weighted by atomic mass is 10.5. The van der Waals surface area contributed by atoms with Crippen LogP contribution in [-0.4, -0.2) is 40.5 Å². The van der Waals surface area contributed by atoms with Gasteiger partial charge >= 0.3 is 0 Å². The summed E-state index contributed by atoms with van der Waals surface area (Å²) in [4.78, 5) is 3.26. The Hall–Kier alpha value is -0.0300. The third-order valence-electron chi connectivity index (χ3n) is 2.25.